The topological polar surface area (TPSA) is 42.2 Å². The van der Waals surface area contributed by atoms with Crippen molar-refractivity contribution in [3.05, 3.63) is 211 Å². The molecule has 1 aliphatic rings. The van der Waals surface area contributed by atoms with E-state index >= 15 is 0 Å². The highest BCUT2D eigenvalue weighted by molar-refractivity contribution is 7.27. The highest BCUT2D eigenvalue weighted by atomic mass is 32.1. The summed E-state index contributed by atoms with van der Waals surface area (Å²) in [4.78, 5) is 10.7. The Balaban J connectivity index is 1.09. The molecule has 0 saturated carbocycles. The molecule has 1 atom stereocenters. The van der Waals surface area contributed by atoms with Crippen molar-refractivity contribution in [3.63, 3.8) is 0 Å². The number of benzene rings is 7. The van der Waals surface area contributed by atoms with E-state index < -0.39 is 0 Å². The zero-order chi connectivity index (χ0) is 37.0. The van der Waals surface area contributed by atoms with Crippen LogP contribution in [0.5, 0.6) is 0 Å². The standard InChI is InChI=1S/C51H34N4S/c1-4-16-34(17-5-1)43-32-44(54-51(53-43)36-18-6-2-7-19-36)35-30-28-33(29-31-35)38-22-10-11-23-39(38)47-46-48-50(56-49(46)40-24-12-14-26-42(40)52-47)41-25-13-15-27-45(41)55(48)37-20-8-3-9-21-37/h1-32,43H,(H,53,54). The van der Waals surface area contributed by atoms with Crippen LogP contribution in [0.3, 0.4) is 0 Å². The number of nitrogens with one attached hydrogen (secondary N) is 1. The maximum Gasteiger partial charge on any atom is 0.134 e. The van der Waals surface area contributed by atoms with Gasteiger partial charge >= 0.3 is 0 Å². The van der Waals surface area contributed by atoms with Crippen LogP contribution in [0.25, 0.3) is 75.9 Å². The summed E-state index contributed by atoms with van der Waals surface area (Å²) in [6.45, 7) is 0. The molecule has 11 rings (SSSR count). The molecular weight excluding hydrogens is 701 g/mol. The molecule has 0 spiro atoms. The zero-order valence-corrected chi connectivity index (χ0v) is 31.1. The third-order valence-electron chi connectivity index (χ3n) is 10.9. The van der Waals surface area contributed by atoms with Crippen LogP contribution in [0, 0.1) is 0 Å². The highest BCUT2D eigenvalue weighted by Crippen LogP contribution is 2.48. The lowest BCUT2D eigenvalue weighted by Crippen LogP contribution is -2.31. The molecule has 10 aromatic rings. The summed E-state index contributed by atoms with van der Waals surface area (Å²) >= 11 is 1.88. The van der Waals surface area contributed by atoms with Gasteiger partial charge in [-0.05, 0) is 52.6 Å². The first-order chi connectivity index (χ1) is 27.8. The number of para-hydroxylation sites is 3. The normalized spacial score (nSPS) is 14.2. The Hall–Kier alpha value is -7.08. The largest absolute Gasteiger partial charge is 0.359 e. The van der Waals surface area contributed by atoms with Crippen molar-refractivity contribution in [1.29, 1.82) is 0 Å². The summed E-state index contributed by atoms with van der Waals surface area (Å²) in [7, 11) is 0. The molecule has 0 amide bonds. The van der Waals surface area contributed by atoms with E-state index in [9.17, 15) is 0 Å². The summed E-state index contributed by atoms with van der Waals surface area (Å²) in [5.41, 5.74) is 13.2. The highest BCUT2D eigenvalue weighted by Gasteiger charge is 2.25. The van der Waals surface area contributed by atoms with Crippen molar-refractivity contribution in [1.82, 2.24) is 14.9 Å². The van der Waals surface area contributed by atoms with Gasteiger partial charge in [-0.3, -0.25) is 0 Å². The molecule has 56 heavy (non-hydrogen) atoms. The zero-order valence-electron chi connectivity index (χ0n) is 30.3. The number of thiophene rings is 1. The van der Waals surface area contributed by atoms with Gasteiger partial charge in [-0.1, -0.05) is 164 Å². The summed E-state index contributed by atoms with van der Waals surface area (Å²) in [5, 5.41) is 7.29. The lowest BCUT2D eigenvalue weighted by atomic mass is 9.94. The average molecular weight is 735 g/mol. The second kappa shape index (κ2) is 13.3. The molecule has 3 aromatic heterocycles. The summed E-state index contributed by atoms with van der Waals surface area (Å²) < 4.78 is 4.97. The van der Waals surface area contributed by atoms with E-state index in [1.165, 1.54) is 42.2 Å². The summed E-state index contributed by atoms with van der Waals surface area (Å²) in [6, 6.07) is 66.6. The number of hydrogen-bond acceptors (Lipinski definition) is 4. The van der Waals surface area contributed by atoms with Crippen LogP contribution in [-0.4, -0.2) is 15.4 Å². The Morgan fingerprint density at radius 2 is 1.14 bits per heavy atom. The quantitative estimate of drug-likeness (QED) is 0.185. The second-order valence-electron chi connectivity index (χ2n) is 14.2. The first kappa shape index (κ1) is 32.4. The van der Waals surface area contributed by atoms with Crippen molar-refractivity contribution < 1.29 is 0 Å². The average Bonchev–Trinajstić information content (AvgIpc) is 3.82. The van der Waals surface area contributed by atoms with Gasteiger partial charge in [0.2, 0.25) is 0 Å². The number of fused-ring (bicyclic) bond motifs is 7. The van der Waals surface area contributed by atoms with Gasteiger partial charge in [0, 0.05) is 37.7 Å². The number of pyridine rings is 1. The van der Waals surface area contributed by atoms with E-state index in [-0.39, 0.29) is 6.04 Å². The molecule has 1 aliphatic heterocycles. The molecule has 0 saturated heterocycles. The van der Waals surface area contributed by atoms with Gasteiger partial charge in [0.1, 0.15) is 5.84 Å². The van der Waals surface area contributed by atoms with Crippen LogP contribution in [-0.2, 0) is 0 Å². The van der Waals surface area contributed by atoms with Gasteiger partial charge in [0.05, 0.1) is 38.7 Å². The Kier molecular flexibility index (Phi) is 7.71. The number of hydrogen-bond donors (Lipinski definition) is 1. The number of nitrogens with zero attached hydrogens (tertiary/aromatic N) is 3. The van der Waals surface area contributed by atoms with E-state index in [1.54, 1.807) is 0 Å². The fourth-order valence-corrected chi connectivity index (χ4v) is 9.59. The van der Waals surface area contributed by atoms with Gasteiger partial charge in [-0.25, -0.2) is 9.98 Å². The maximum absolute atomic E-state index is 5.51. The molecule has 0 aliphatic carbocycles. The van der Waals surface area contributed by atoms with Crippen molar-refractivity contribution in [2.45, 2.75) is 6.04 Å². The lowest BCUT2D eigenvalue weighted by Gasteiger charge is -2.24. The SMILES string of the molecule is C1=C(c2ccc(-c3ccccc3-c3nc4ccccc4c4sc5c6ccccc6n(-c6ccccc6)c5c34)cc2)N=C(c2ccccc2)NC1c1ccccc1. The van der Waals surface area contributed by atoms with Crippen LogP contribution in [0.2, 0.25) is 0 Å². The van der Waals surface area contributed by atoms with Gasteiger partial charge in [0.15, 0.2) is 0 Å². The first-order valence-electron chi connectivity index (χ1n) is 19.0. The minimum Gasteiger partial charge on any atom is -0.359 e. The van der Waals surface area contributed by atoms with Crippen LogP contribution in [0.4, 0.5) is 0 Å². The van der Waals surface area contributed by atoms with E-state index in [0.29, 0.717) is 0 Å². The minimum absolute atomic E-state index is 0.00498. The number of amidine groups is 1. The molecule has 4 nitrogen and oxygen atoms in total. The van der Waals surface area contributed by atoms with Crippen molar-refractivity contribution in [3.8, 4) is 28.1 Å². The Labute approximate surface area is 328 Å². The van der Waals surface area contributed by atoms with Crippen LogP contribution >= 0.6 is 11.3 Å². The Bertz CT molecular complexity index is 3140. The molecule has 1 unspecified atom stereocenters. The molecule has 5 heteroatoms. The molecular formula is C51H34N4S. The van der Waals surface area contributed by atoms with Gasteiger partial charge < -0.3 is 9.88 Å². The van der Waals surface area contributed by atoms with Gasteiger partial charge in [-0.15, -0.1) is 11.3 Å². The van der Waals surface area contributed by atoms with Gasteiger partial charge in [-0.2, -0.15) is 0 Å². The predicted molar refractivity (Wildman–Crippen MR) is 236 cm³/mol. The Morgan fingerprint density at radius 3 is 1.93 bits per heavy atom. The molecule has 1 N–H and O–H groups in total. The smallest absolute Gasteiger partial charge is 0.134 e. The van der Waals surface area contributed by atoms with Crippen molar-refractivity contribution >= 4 is 65.0 Å². The number of aromatic nitrogens is 2. The summed E-state index contributed by atoms with van der Waals surface area (Å²) in [6.07, 6.45) is 2.23. The molecule has 0 bridgehead atoms. The van der Waals surface area contributed by atoms with Crippen molar-refractivity contribution in [2.24, 2.45) is 4.99 Å². The molecule has 0 radical (unpaired) electrons. The van der Waals surface area contributed by atoms with Crippen LogP contribution in [0.15, 0.2) is 199 Å². The van der Waals surface area contributed by atoms with Crippen LogP contribution < -0.4 is 5.32 Å². The lowest BCUT2D eigenvalue weighted by molar-refractivity contribution is 0.781. The van der Waals surface area contributed by atoms with Crippen LogP contribution in [0.1, 0.15) is 22.7 Å². The van der Waals surface area contributed by atoms with Crippen molar-refractivity contribution in [2.75, 3.05) is 0 Å². The first-order valence-corrected chi connectivity index (χ1v) is 19.8. The molecule has 4 heterocycles. The molecule has 264 valence electrons. The van der Waals surface area contributed by atoms with E-state index in [0.717, 1.165) is 56.2 Å². The number of rotatable bonds is 6. The molecule has 7 aromatic carbocycles. The van der Waals surface area contributed by atoms with E-state index in [1.807, 2.05) is 17.4 Å². The predicted octanol–water partition coefficient (Wildman–Crippen LogP) is 13.0. The Morgan fingerprint density at radius 1 is 0.518 bits per heavy atom. The fraction of sp³-hybridized carbons (Fsp3) is 0.0196. The third kappa shape index (κ3) is 5.36. The second-order valence-corrected chi connectivity index (χ2v) is 15.2. The fourth-order valence-electron chi connectivity index (χ4n) is 8.23. The summed E-state index contributed by atoms with van der Waals surface area (Å²) in [5.74, 6) is 0.868. The third-order valence-corrected chi connectivity index (χ3v) is 12.1. The van der Waals surface area contributed by atoms with E-state index in [4.69, 9.17) is 9.98 Å². The van der Waals surface area contributed by atoms with E-state index in [2.05, 4.69) is 198 Å². The maximum atomic E-state index is 5.51. The minimum atomic E-state index is -0.00498. The molecule has 0 fully saturated rings. The van der Waals surface area contributed by atoms with Gasteiger partial charge in [0.25, 0.3) is 0 Å². The number of aliphatic imine (C=N–C) groups is 1. The monoisotopic (exact) mass is 734 g/mol.